The number of benzene rings is 2. The van der Waals surface area contributed by atoms with Crippen molar-refractivity contribution in [2.75, 3.05) is 14.2 Å². The Hall–Kier alpha value is -7.38. The molecule has 2 aromatic carbocycles. The predicted molar refractivity (Wildman–Crippen MR) is 228 cm³/mol. The second kappa shape index (κ2) is 17.5. The van der Waals surface area contributed by atoms with Crippen LogP contribution in [0.25, 0.3) is 34.4 Å². The van der Waals surface area contributed by atoms with Gasteiger partial charge in [-0.3, -0.25) is 0 Å². The maximum absolute atomic E-state index is 12.9. The summed E-state index contributed by atoms with van der Waals surface area (Å²) in [6.07, 6.45) is 1.24. The molecule has 0 unspecified atom stereocenters. The molecular weight excluding hydrogens is 867 g/mol. The number of fused-ring (bicyclic) bond motifs is 2. The zero-order valence-electron chi connectivity index (χ0n) is 36.1. The molecule has 8 aromatic rings. The van der Waals surface area contributed by atoms with Crippen molar-refractivity contribution >= 4 is 0 Å². The molecule has 0 aliphatic carbocycles. The van der Waals surface area contributed by atoms with Crippen molar-refractivity contribution in [2.24, 2.45) is 0 Å². The standard InChI is InChI=1S/2C23H21F3N6O/c2*1-14-12-31(13-27-14)19-8-7-18(28-22(19)33-2)21-29-20-11-16(9-10-32(20)30-21)15-3-5-17(6-4-15)23(24,25)26/h2*3-8,12-13,16H,9-11H2,1-2H3/t2*16-/m10/s1. The number of alkyl halides is 6. The highest BCUT2D eigenvalue weighted by Gasteiger charge is 2.32. The summed E-state index contributed by atoms with van der Waals surface area (Å²) in [4.78, 5) is 27.0. The number of aryl methyl sites for hydroxylation is 4. The molecule has 0 radical (unpaired) electrons. The summed E-state index contributed by atoms with van der Waals surface area (Å²) in [7, 11) is 3.11. The maximum Gasteiger partial charge on any atom is 0.416 e. The fourth-order valence-corrected chi connectivity index (χ4v) is 8.20. The number of ether oxygens (including phenoxy) is 2. The van der Waals surface area contributed by atoms with E-state index in [0.29, 0.717) is 60.7 Å². The first-order valence-electron chi connectivity index (χ1n) is 21.0. The van der Waals surface area contributed by atoms with Gasteiger partial charge in [0.1, 0.15) is 34.4 Å². The SMILES string of the molecule is COc1nc(-c2nc3n(n2)CC[C@@H](c2ccc(C(F)(F)F)cc2)C3)ccc1-n1cnc(C)c1.COc1nc(-c2nc3n(n2)CC[C@H](c2ccc(C(F)(F)F)cc2)C3)ccc1-n1cnc(C)c1. The Balaban J connectivity index is 0.000000166. The smallest absolute Gasteiger partial charge is 0.416 e. The second-order valence-corrected chi connectivity index (χ2v) is 16.1. The van der Waals surface area contributed by atoms with Crippen molar-refractivity contribution in [1.82, 2.24) is 58.6 Å². The van der Waals surface area contributed by atoms with Crippen molar-refractivity contribution in [2.45, 2.75) is 76.8 Å². The largest absolute Gasteiger partial charge is 0.479 e. The third-order valence-corrected chi connectivity index (χ3v) is 11.7. The van der Waals surface area contributed by atoms with Crippen molar-refractivity contribution in [1.29, 1.82) is 0 Å². The molecule has 10 rings (SSSR count). The van der Waals surface area contributed by atoms with E-state index < -0.39 is 23.5 Å². The highest BCUT2D eigenvalue weighted by molar-refractivity contribution is 5.56. The number of hydrogen-bond acceptors (Lipinski definition) is 10. The Kier molecular flexibility index (Phi) is 11.7. The first kappa shape index (κ1) is 43.9. The summed E-state index contributed by atoms with van der Waals surface area (Å²) in [5.74, 6) is 3.60. The average Bonchev–Trinajstić information content (AvgIpc) is 4.15. The van der Waals surface area contributed by atoms with Crippen LogP contribution in [0.4, 0.5) is 26.3 Å². The van der Waals surface area contributed by atoms with Gasteiger partial charge in [-0.05, 0) is 98.2 Å². The molecule has 66 heavy (non-hydrogen) atoms. The van der Waals surface area contributed by atoms with E-state index in [0.717, 1.165) is 82.6 Å². The van der Waals surface area contributed by atoms with Gasteiger partial charge in [-0.2, -0.15) is 26.3 Å². The van der Waals surface area contributed by atoms with Gasteiger partial charge < -0.3 is 18.6 Å². The van der Waals surface area contributed by atoms with Crippen molar-refractivity contribution < 1.29 is 35.8 Å². The third-order valence-electron chi connectivity index (χ3n) is 11.7. The van der Waals surface area contributed by atoms with E-state index in [1.54, 1.807) is 51.1 Å². The second-order valence-electron chi connectivity index (χ2n) is 16.1. The van der Waals surface area contributed by atoms with Gasteiger partial charge in [0.25, 0.3) is 0 Å². The minimum absolute atomic E-state index is 0.0891. The molecular formula is C46H42F6N12O2. The molecule has 2 aliphatic rings. The highest BCUT2D eigenvalue weighted by atomic mass is 19.4. The molecule has 8 heterocycles. The molecule has 6 aromatic heterocycles. The summed E-state index contributed by atoms with van der Waals surface area (Å²) in [6.45, 7) is 5.08. The van der Waals surface area contributed by atoms with Crippen LogP contribution in [0.2, 0.25) is 0 Å². The minimum Gasteiger partial charge on any atom is -0.479 e. The number of aromatic nitrogens is 12. The van der Waals surface area contributed by atoms with Gasteiger partial charge in [0.2, 0.25) is 11.8 Å². The molecule has 0 fully saturated rings. The number of nitrogens with zero attached hydrogens (tertiary/aromatic N) is 12. The average molecular weight is 909 g/mol. The van der Waals surface area contributed by atoms with Gasteiger partial charge in [-0.25, -0.2) is 39.3 Å². The Labute approximate surface area is 374 Å². The maximum atomic E-state index is 12.9. The molecule has 0 saturated carbocycles. The van der Waals surface area contributed by atoms with Gasteiger partial charge in [0.05, 0.1) is 49.4 Å². The Bertz CT molecular complexity index is 2790. The van der Waals surface area contributed by atoms with Crippen LogP contribution in [0.3, 0.4) is 0 Å². The van der Waals surface area contributed by atoms with Crippen molar-refractivity contribution in [3.63, 3.8) is 0 Å². The van der Waals surface area contributed by atoms with Crippen LogP contribution in [0.5, 0.6) is 11.8 Å². The summed E-state index contributed by atoms with van der Waals surface area (Å²) in [5, 5.41) is 9.19. The summed E-state index contributed by atoms with van der Waals surface area (Å²) in [5.41, 5.74) is 4.92. The molecule has 0 amide bonds. The number of methoxy groups -OCH3 is 2. The molecule has 2 atom stereocenters. The monoisotopic (exact) mass is 908 g/mol. The van der Waals surface area contributed by atoms with Gasteiger partial charge >= 0.3 is 12.4 Å². The normalized spacial score (nSPS) is 16.0. The lowest BCUT2D eigenvalue weighted by molar-refractivity contribution is -0.138. The van der Waals surface area contributed by atoms with Crippen LogP contribution >= 0.6 is 0 Å². The van der Waals surface area contributed by atoms with E-state index in [1.165, 1.54) is 0 Å². The Morgan fingerprint density at radius 1 is 0.530 bits per heavy atom. The molecule has 20 heteroatoms. The van der Waals surface area contributed by atoms with Crippen LogP contribution in [0.15, 0.2) is 97.8 Å². The molecule has 340 valence electrons. The Morgan fingerprint density at radius 3 is 1.26 bits per heavy atom. The first-order valence-corrected chi connectivity index (χ1v) is 21.0. The fourth-order valence-electron chi connectivity index (χ4n) is 8.20. The van der Waals surface area contributed by atoms with E-state index in [2.05, 4.69) is 40.1 Å². The number of pyridine rings is 2. The van der Waals surface area contributed by atoms with Crippen LogP contribution in [0.1, 0.15) is 70.0 Å². The zero-order chi connectivity index (χ0) is 46.3. The highest BCUT2D eigenvalue weighted by Crippen LogP contribution is 2.36. The molecule has 2 aliphatic heterocycles. The van der Waals surface area contributed by atoms with Crippen LogP contribution in [-0.4, -0.2) is 72.8 Å². The summed E-state index contributed by atoms with van der Waals surface area (Å²) in [6, 6.07) is 18.2. The topological polar surface area (TPSA) is 141 Å². The predicted octanol–water partition coefficient (Wildman–Crippen LogP) is 9.18. The fraction of sp³-hybridized carbons (Fsp3) is 0.304. The molecule has 0 N–H and O–H groups in total. The van der Waals surface area contributed by atoms with Gasteiger partial charge in [-0.15, -0.1) is 10.2 Å². The van der Waals surface area contributed by atoms with Crippen LogP contribution in [0, 0.1) is 13.8 Å². The lowest BCUT2D eigenvalue weighted by atomic mass is 9.89. The van der Waals surface area contributed by atoms with Gasteiger partial charge in [-0.1, -0.05) is 24.3 Å². The van der Waals surface area contributed by atoms with Crippen LogP contribution in [-0.2, 0) is 38.3 Å². The molecule has 0 saturated heterocycles. The lowest BCUT2D eigenvalue weighted by Crippen LogP contribution is -2.19. The van der Waals surface area contributed by atoms with Crippen LogP contribution < -0.4 is 9.47 Å². The van der Waals surface area contributed by atoms with Crippen molar-refractivity contribution in [3.8, 4) is 46.2 Å². The zero-order valence-corrected chi connectivity index (χ0v) is 36.1. The van der Waals surface area contributed by atoms with Gasteiger partial charge in [0.15, 0.2) is 11.6 Å². The van der Waals surface area contributed by atoms with E-state index in [1.807, 2.05) is 69.0 Å². The van der Waals surface area contributed by atoms with Crippen molar-refractivity contribution in [3.05, 3.63) is 143 Å². The van der Waals surface area contributed by atoms with E-state index in [-0.39, 0.29) is 11.8 Å². The molecule has 14 nitrogen and oxygen atoms in total. The number of halogens is 6. The van der Waals surface area contributed by atoms with E-state index >= 15 is 0 Å². The molecule has 0 bridgehead atoms. The minimum atomic E-state index is -4.33. The number of rotatable bonds is 8. The summed E-state index contributed by atoms with van der Waals surface area (Å²) >= 11 is 0. The quantitative estimate of drug-likeness (QED) is 0.136. The Morgan fingerprint density at radius 2 is 0.924 bits per heavy atom. The lowest BCUT2D eigenvalue weighted by Gasteiger charge is -2.22. The first-order chi connectivity index (χ1) is 31.6. The van der Waals surface area contributed by atoms with E-state index in [4.69, 9.17) is 9.47 Å². The van der Waals surface area contributed by atoms with E-state index in [9.17, 15) is 26.3 Å². The summed E-state index contributed by atoms with van der Waals surface area (Å²) < 4.78 is 95.5. The van der Waals surface area contributed by atoms with Gasteiger partial charge in [0, 0.05) is 38.3 Å². The third kappa shape index (κ3) is 9.12. The number of hydrogen-bond donors (Lipinski definition) is 0. The number of imidazole rings is 2. The molecule has 0 spiro atoms.